The lowest BCUT2D eigenvalue weighted by molar-refractivity contribution is -0.125. The highest BCUT2D eigenvalue weighted by molar-refractivity contribution is 7.92. The van der Waals surface area contributed by atoms with Gasteiger partial charge in [0.2, 0.25) is 0 Å². The zero-order valence-electron chi connectivity index (χ0n) is 15.2. The number of ketones is 1. The molecule has 2 aromatic carbocycles. The fourth-order valence-electron chi connectivity index (χ4n) is 2.11. The lowest BCUT2D eigenvalue weighted by Crippen LogP contribution is -2.35. The van der Waals surface area contributed by atoms with Gasteiger partial charge in [-0.3, -0.25) is 14.3 Å². The minimum absolute atomic E-state index is 0.0579. The van der Waals surface area contributed by atoms with Crippen molar-refractivity contribution >= 4 is 27.4 Å². The van der Waals surface area contributed by atoms with Crippen molar-refractivity contribution in [3.05, 3.63) is 59.9 Å². The van der Waals surface area contributed by atoms with Gasteiger partial charge in [-0.25, -0.2) is 12.8 Å². The third-order valence-corrected chi connectivity index (χ3v) is 5.17. The second kappa shape index (κ2) is 7.87. The van der Waals surface area contributed by atoms with Gasteiger partial charge in [-0.2, -0.15) is 0 Å². The number of carbonyl (C=O) groups excluding carboxylic acids is 2. The van der Waals surface area contributed by atoms with Crippen LogP contribution in [0.15, 0.2) is 53.4 Å². The van der Waals surface area contributed by atoms with E-state index in [1.165, 1.54) is 12.1 Å². The maximum absolute atomic E-state index is 13.0. The van der Waals surface area contributed by atoms with Gasteiger partial charge >= 0.3 is 0 Å². The minimum atomic E-state index is -4.00. The van der Waals surface area contributed by atoms with Crippen LogP contribution in [0.25, 0.3) is 0 Å². The standard InChI is InChI=1S/C19H21FN2O4S/c1-19(2,3)17(23)12-21-18(24)15-6-4-5-7-16(15)22-27(25,26)14-10-8-13(20)9-11-14/h4-11,22H,12H2,1-3H3,(H,21,24). The van der Waals surface area contributed by atoms with Gasteiger partial charge in [0.05, 0.1) is 22.7 Å². The molecule has 1 amide bonds. The topological polar surface area (TPSA) is 92.3 Å². The molecule has 0 aliphatic rings. The third kappa shape index (κ3) is 5.37. The molecule has 0 aromatic heterocycles. The van der Waals surface area contributed by atoms with E-state index in [9.17, 15) is 22.4 Å². The number of Topliss-reactive ketones (excluding diaryl/α,β-unsaturated/α-hetero) is 1. The van der Waals surface area contributed by atoms with Crippen LogP contribution >= 0.6 is 0 Å². The molecule has 0 aliphatic carbocycles. The monoisotopic (exact) mass is 392 g/mol. The second-order valence-electron chi connectivity index (χ2n) is 6.96. The summed E-state index contributed by atoms with van der Waals surface area (Å²) in [4.78, 5) is 24.2. The molecule has 0 atom stereocenters. The summed E-state index contributed by atoms with van der Waals surface area (Å²) < 4.78 is 40.3. The first-order valence-corrected chi connectivity index (χ1v) is 9.68. The summed E-state index contributed by atoms with van der Waals surface area (Å²) in [6.45, 7) is 5.06. The van der Waals surface area contributed by atoms with Crippen molar-refractivity contribution in [2.45, 2.75) is 25.7 Å². The van der Waals surface area contributed by atoms with Gasteiger partial charge in [0.1, 0.15) is 5.82 Å². The molecule has 0 unspecified atom stereocenters. The molecular weight excluding hydrogens is 371 g/mol. The molecule has 0 saturated carbocycles. The fourth-order valence-corrected chi connectivity index (χ4v) is 3.19. The molecule has 8 heteroatoms. The summed E-state index contributed by atoms with van der Waals surface area (Å²) in [5, 5.41) is 2.51. The number of amides is 1. The van der Waals surface area contributed by atoms with Crippen molar-refractivity contribution < 1.29 is 22.4 Å². The Labute approximate surface area is 157 Å². The summed E-state index contributed by atoms with van der Waals surface area (Å²) in [5.41, 5.74) is -0.468. The highest BCUT2D eigenvalue weighted by Crippen LogP contribution is 2.21. The first-order chi connectivity index (χ1) is 12.5. The molecule has 144 valence electrons. The third-order valence-electron chi connectivity index (χ3n) is 3.79. The Balaban J connectivity index is 2.21. The van der Waals surface area contributed by atoms with Crippen molar-refractivity contribution in [2.24, 2.45) is 5.41 Å². The summed E-state index contributed by atoms with van der Waals surface area (Å²) in [7, 11) is -4.00. The van der Waals surface area contributed by atoms with Crippen molar-refractivity contribution in [3.63, 3.8) is 0 Å². The molecule has 2 aromatic rings. The predicted molar refractivity (Wildman–Crippen MR) is 100 cm³/mol. The van der Waals surface area contributed by atoms with Crippen LogP contribution in [0, 0.1) is 11.2 Å². The number of anilines is 1. The number of carbonyl (C=O) groups is 2. The van der Waals surface area contributed by atoms with Gasteiger partial charge in [0, 0.05) is 5.41 Å². The van der Waals surface area contributed by atoms with Crippen LogP contribution in [-0.2, 0) is 14.8 Å². The van der Waals surface area contributed by atoms with Gasteiger partial charge in [-0.15, -0.1) is 0 Å². The Morgan fingerprint density at radius 3 is 2.19 bits per heavy atom. The van der Waals surface area contributed by atoms with Crippen LogP contribution < -0.4 is 10.0 Å². The molecule has 0 saturated heterocycles. The summed E-state index contributed by atoms with van der Waals surface area (Å²) in [5.74, 6) is -1.29. The first kappa shape index (κ1) is 20.6. The average Bonchev–Trinajstić information content (AvgIpc) is 2.59. The van der Waals surface area contributed by atoms with E-state index in [0.29, 0.717) is 0 Å². The second-order valence-corrected chi connectivity index (χ2v) is 8.64. The molecule has 0 radical (unpaired) electrons. The van der Waals surface area contributed by atoms with E-state index in [1.54, 1.807) is 32.9 Å². The number of halogens is 1. The van der Waals surface area contributed by atoms with Gasteiger partial charge in [-0.05, 0) is 36.4 Å². The van der Waals surface area contributed by atoms with E-state index in [4.69, 9.17) is 0 Å². The molecule has 27 heavy (non-hydrogen) atoms. The Morgan fingerprint density at radius 2 is 1.59 bits per heavy atom. The lowest BCUT2D eigenvalue weighted by Gasteiger charge is -2.17. The van der Waals surface area contributed by atoms with Crippen LogP contribution in [0.2, 0.25) is 0 Å². The number of nitrogens with one attached hydrogen (secondary N) is 2. The maximum Gasteiger partial charge on any atom is 0.261 e. The largest absolute Gasteiger partial charge is 0.345 e. The molecule has 0 bridgehead atoms. The molecule has 0 aliphatic heterocycles. The lowest BCUT2D eigenvalue weighted by atomic mass is 9.91. The minimum Gasteiger partial charge on any atom is -0.345 e. The van der Waals surface area contributed by atoms with E-state index in [-0.39, 0.29) is 28.5 Å². The van der Waals surface area contributed by atoms with Crippen molar-refractivity contribution in [3.8, 4) is 0 Å². The Hall–Kier alpha value is -2.74. The van der Waals surface area contributed by atoms with Crippen molar-refractivity contribution in [1.29, 1.82) is 0 Å². The fraction of sp³-hybridized carbons (Fsp3) is 0.263. The van der Waals surface area contributed by atoms with Crippen molar-refractivity contribution in [2.75, 3.05) is 11.3 Å². The molecule has 2 rings (SSSR count). The number of hydrogen-bond acceptors (Lipinski definition) is 4. The zero-order chi connectivity index (χ0) is 20.2. The van der Waals surface area contributed by atoms with Gasteiger partial charge < -0.3 is 5.32 Å². The highest BCUT2D eigenvalue weighted by Gasteiger charge is 2.23. The first-order valence-electron chi connectivity index (χ1n) is 8.19. The van der Waals surface area contributed by atoms with Crippen LogP contribution in [0.4, 0.5) is 10.1 Å². The quantitative estimate of drug-likeness (QED) is 0.791. The summed E-state index contributed by atoms with van der Waals surface area (Å²) in [6.07, 6.45) is 0. The van der Waals surface area contributed by atoms with E-state index in [2.05, 4.69) is 10.0 Å². The smallest absolute Gasteiger partial charge is 0.261 e. The number of para-hydroxylation sites is 1. The van der Waals surface area contributed by atoms with Gasteiger partial charge in [0.25, 0.3) is 15.9 Å². The SMILES string of the molecule is CC(C)(C)C(=O)CNC(=O)c1ccccc1NS(=O)(=O)c1ccc(F)cc1. The molecule has 0 spiro atoms. The van der Waals surface area contributed by atoms with Crippen LogP contribution in [0.5, 0.6) is 0 Å². The predicted octanol–water partition coefficient (Wildman–Crippen LogP) is 2.97. The molecule has 0 heterocycles. The number of sulfonamides is 1. The average molecular weight is 392 g/mol. The Kier molecular flexibility index (Phi) is 6.00. The van der Waals surface area contributed by atoms with E-state index in [0.717, 1.165) is 24.3 Å². The number of rotatable bonds is 6. The van der Waals surface area contributed by atoms with Crippen LogP contribution in [-0.4, -0.2) is 26.7 Å². The van der Waals surface area contributed by atoms with Crippen molar-refractivity contribution in [1.82, 2.24) is 5.32 Å². The van der Waals surface area contributed by atoms with Crippen LogP contribution in [0.1, 0.15) is 31.1 Å². The molecular formula is C19H21FN2O4S. The summed E-state index contributed by atoms with van der Waals surface area (Å²) >= 11 is 0. The zero-order valence-corrected chi connectivity index (χ0v) is 16.1. The molecule has 2 N–H and O–H groups in total. The highest BCUT2D eigenvalue weighted by atomic mass is 32.2. The van der Waals surface area contributed by atoms with Gasteiger partial charge in [-0.1, -0.05) is 32.9 Å². The van der Waals surface area contributed by atoms with E-state index in [1.807, 2.05) is 0 Å². The Morgan fingerprint density at radius 1 is 1.00 bits per heavy atom. The van der Waals surface area contributed by atoms with Gasteiger partial charge in [0.15, 0.2) is 5.78 Å². The normalized spacial score (nSPS) is 11.7. The molecule has 6 nitrogen and oxygen atoms in total. The Bertz CT molecular complexity index is 948. The van der Waals surface area contributed by atoms with E-state index < -0.39 is 27.2 Å². The van der Waals surface area contributed by atoms with Crippen LogP contribution in [0.3, 0.4) is 0 Å². The maximum atomic E-state index is 13.0. The van der Waals surface area contributed by atoms with E-state index >= 15 is 0 Å². The number of benzene rings is 2. The summed E-state index contributed by atoms with van der Waals surface area (Å²) in [6, 6.07) is 10.3. The number of hydrogen-bond donors (Lipinski definition) is 2. The molecule has 0 fully saturated rings.